The SMILES string of the molecule is COc1cc(OC)c(C(=O)NCCC2CCCCN2C)c(SSc2cc(OC)cc(OC)c2C(=O)NCCC2CCCCN2C)c1. The summed E-state index contributed by atoms with van der Waals surface area (Å²) in [6, 6.07) is 8.01. The molecule has 2 unspecified atom stereocenters. The van der Waals surface area contributed by atoms with Crippen molar-refractivity contribution in [1.82, 2.24) is 20.4 Å². The van der Waals surface area contributed by atoms with Crippen LogP contribution in [0.4, 0.5) is 0 Å². The molecule has 2 fully saturated rings. The van der Waals surface area contributed by atoms with Gasteiger partial charge in [0.2, 0.25) is 0 Å². The molecule has 0 aromatic heterocycles. The van der Waals surface area contributed by atoms with E-state index in [9.17, 15) is 9.59 Å². The van der Waals surface area contributed by atoms with E-state index in [4.69, 9.17) is 18.9 Å². The van der Waals surface area contributed by atoms with Crippen LogP contribution in [-0.2, 0) is 0 Å². The molecular formula is C34H50N4O6S2. The third-order valence-electron chi connectivity index (χ3n) is 9.03. The Morgan fingerprint density at radius 1 is 0.674 bits per heavy atom. The van der Waals surface area contributed by atoms with Crippen LogP contribution < -0.4 is 29.6 Å². The van der Waals surface area contributed by atoms with Gasteiger partial charge < -0.3 is 39.4 Å². The monoisotopic (exact) mass is 674 g/mol. The molecule has 0 aliphatic carbocycles. The summed E-state index contributed by atoms with van der Waals surface area (Å²) < 4.78 is 22.4. The number of carbonyl (C=O) groups excluding carboxylic acids is 2. The minimum absolute atomic E-state index is 0.213. The number of amides is 2. The van der Waals surface area contributed by atoms with Gasteiger partial charge in [0.15, 0.2) is 0 Å². The van der Waals surface area contributed by atoms with E-state index in [1.165, 1.54) is 47.3 Å². The van der Waals surface area contributed by atoms with Gasteiger partial charge in [0.25, 0.3) is 11.8 Å². The average Bonchev–Trinajstić information content (AvgIpc) is 3.07. The van der Waals surface area contributed by atoms with Crippen molar-refractivity contribution in [1.29, 1.82) is 0 Å². The Labute approximate surface area is 282 Å². The zero-order valence-corrected chi connectivity index (χ0v) is 29.7. The molecule has 2 amide bonds. The number of likely N-dealkylation sites (tertiary alicyclic amines) is 2. The molecule has 12 heteroatoms. The van der Waals surface area contributed by atoms with Crippen LogP contribution in [0.2, 0.25) is 0 Å². The lowest BCUT2D eigenvalue weighted by atomic mass is 10.00. The van der Waals surface area contributed by atoms with E-state index in [-0.39, 0.29) is 11.8 Å². The standard InChI is InChI=1S/C34H50N4O6S2/c1-37-17-9-7-11-23(37)13-15-35-33(39)31-27(43-5)19-25(41-3)21-29(31)45-46-30-22-26(42-4)20-28(44-6)32(30)34(40)36-16-14-24-12-8-10-18-38(24)2/h19-24H,7-18H2,1-6H3,(H,35,39)(H,36,40). The van der Waals surface area contributed by atoms with E-state index < -0.39 is 0 Å². The van der Waals surface area contributed by atoms with Crippen molar-refractivity contribution in [3.8, 4) is 23.0 Å². The van der Waals surface area contributed by atoms with Crippen molar-refractivity contribution < 1.29 is 28.5 Å². The van der Waals surface area contributed by atoms with Crippen molar-refractivity contribution in [2.75, 3.05) is 68.7 Å². The maximum atomic E-state index is 13.7. The van der Waals surface area contributed by atoms with E-state index in [0.29, 0.717) is 69.1 Å². The lowest BCUT2D eigenvalue weighted by Crippen LogP contribution is -2.39. The van der Waals surface area contributed by atoms with Gasteiger partial charge in [0, 0.05) is 47.1 Å². The van der Waals surface area contributed by atoms with Crippen molar-refractivity contribution in [2.45, 2.75) is 73.2 Å². The summed E-state index contributed by atoms with van der Waals surface area (Å²) in [6.45, 7) is 3.31. The Balaban J connectivity index is 1.54. The summed E-state index contributed by atoms with van der Waals surface area (Å²) in [6.07, 6.45) is 8.96. The molecule has 0 spiro atoms. The highest BCUT2D eigenvalue weighted by atomic mass is 33.1. The molecule has 254 valence electrons. The van der Waals surface area contributed by atoms with E-state index in [1.54, 1.807) is 40.6 Å². The molecule has 2 atom stereocenters. The predicted octanol–water partition coefficient (Wildman–Crippen LogP) is 5.73. The van der Waals surface area contributed by atoms with Crippen LogP contribution in [0.15, 0.2) is 34.1 Å². The van der Waals surface area contributed by atoms with Crippen LogP contribution >= 0.6 is 21.6 Å². The van der Waals surface area contributed by atoms with Gasteiger partial charge in [-0.2, -0.15) is 0 Å². The highest BCUT2D eigenvalue weighted by Crippen LogP contribution is 2.47. The van der Waals surface area contributed by atoms with Crippen LogP contribution in [0.5, 0.6) is 23.0 Å². The van der Waals surface area contributed by atoms with Crippen molar-refractivity contribution >= 4 is 33.4 Å². The van der Waals surface area contributed by atoms with Gasteiger partial charge in [-0.15, -0.1) is 0 Å². The number of ether oxygens (including phenoxy) is 4. The number of carbonyl (C=O) groups is 2. The van der Waals surface area contributed by atoms with Crippen molar-refractivity contribution in [3.05, 3.63) is 35.4 Å². The van der Waals surface area contributed by atoms with Gasteiger partial charge in [0.1, 0.15) is 23.0 Å². The third kappa shape index (κ3) is 9.39. The highest BCUT2D eigenvalue weighted by molar-refractivity contribution is 8.76. The van der Waals surface area contributed by atoms with Gasteiger partial charge in [-0.25, -0.2) is 0 Å². The number of hydrogen-bond donors (Lipinski definition) is 2. The smallest absolute Gasteiger partial charge is 0.256 e. The summed E-state index contributed by atoms with van der Waals surface area (Å²) in [7, 11) is 13.3. The summed E-state index contributed by atoms with van der Waals surface area (Å²) in [5.74, 6) is 1.54. The van der Waals surface area contributed by atoms with Gasteiger partial charge in [0.05, 0.1) is 39.6 Å². The summed E-state index contributed by atoms with van der Waals surface area (Å²) in [5.41, 5.74) is 0.852. The highest BCUT2D eigenvalue weighted by Gasteiger charge is 2.25. The summed E-state index contributed by atoms with van der Waals surface area (Å²) in [5, 5.41) is 6.24. The number of hydrogen-bond acceptors (Lipinski definition) is 10. The number of piperidine rings is 2. The number of nitrogens with zero attached hydrogens (tertiary/aromatic N) is 2. The lowest BCUT2D eigenvalue weighted by molar-refractivity contribution is 0.0930. The Bertz CT molecular complexity index is 1230. The first-order valence-corrected chi connectivity index (χ1v) is 18.3. The van der Waals surface area contributed by atoms with Crippen LogP contribution in [0.25, 0.3) is 0 Å². The van der Waals surface area contributed by atoms with Crippen LogP contribution in [0, 0.1) is 0 Å². The molecule has 46 heavy (non-hydrogen) atoms. The second kappa shape index (κ2) is 17.9. The molecule has 2 N–H and O–H groups in total. The topological polar surface area (TPSA) is 102 Å². The van der Waals surface area contributed by atoms with Gasteiger partial charge in [-0.05, 0) is 77.8 Å². The van der Waals surface area contributed by atoms with Crippen molar-refractivity contribution in [3.63, 3.8) is 0 Å². The third-order valence-corrected chi connectivity index (χ3v) is 11.4. The molecule has 2 aromatic rings. The van der Waals surface area contributed by atoms with E-state index in [0.717, 1.165) is 38.8 Å². The van der Waals surface area contributed by atoms with Gasteiger partial charge in [-0.1, -0.05) is 34.4 Å². The fourth-order valence-electron chi connectivity index (χ4n) is 6.26. The fraction of sp³-hybridized carbons (Fsp3) is 0.588. The van der Waals surface area contributed by atoms with Gasteiger partial charge >= 0.3 is 0 Å². The fourth-order valence-corrected chi connectivity index (χ4v) is 8.65. The van der Waals surface area contributed by atoms with Gasteiger partial charge in [-0.3, -0.25) is 9.59 Å². The zero-order valence-electron chi connectivity index (χ0n) is 28.1. The zero-order chi connectivity index (χ0) is 33.1. The maximum absolute atomic E-state index is 13.7. The first kappa shape index (κ1) is 36.0. The Hall–Kier alpha value is -2.80. The largest absolute Gasteiger partial charge is 0.497 e. The minimum atomic E-state index is -0.213. The second-order valence-electron chi connectivity index (χ2n) is 11.9. The van der Waals surface area contributed by atoms with Crippen LogP contribution in [0.3, 0.4) is 0 Å². The molecule has 4 rings (SSSR count). The number of methoxy groups -OCH3 is 4. The van der Waals surface area contributed by atoms with Crippen molar-refractivity contribution in [2.24, 2.45) is 0 Å². The number of rotatable bonds is 15. The predicted molar refractivity (Wildman–Crippen MR) is 185 cm³/mol. The summed E-state index contributed by atoms with van der Waals surface area (Å²) in [4.78, 5) is 33.4. The van der Waals surface area contributed by atoms with Crippen LogP contribution in [-0.4, -0.2) is 102 Å². The Kier molecular flexibility index (Phi) is 14.1. The Morgan fingerprint density at radius 2 is 1.09 bits per heavy atom. The quantitative estimate of drug-likeness (QED) is 0.228. The second-order valence-corrected chi connectivity index (χ2v) is 14.1. The van der Waals surface area contributed by atoms with E-state index >= 15 is 0 Å². The first-order chi connectivity index (χ1) is 22.3. The summed E-state index contributed by atoms with van der Waals surface area (Å²) >= 11 is 0. The Morgan fingerprint density at radius 3 is 1.43 bits per heavy atom. The van der Waals surface area contributed by atoms with E-state index in [2.05, 4.69) is 34.5 Å². The normalized spacial score (nSPS) is 18.9. The van der Waals surface area contributed by atoms with Crippen LogP contribution in [0.1, 0.15) is 72.1 Å². The van der Waals surface area contributed by atoms with E-state index in [1.807, 2.05) is 12.1 Å². The molecule has 2 aliphatic heterocycles. The lowest BCUT2D eigenvalue weighted by Gasteiger charge is -2.32. The minimum Gasteiger partial charge on any atom is -0.497 e. The molecule has 2 saturated heterocycles. The molecule has 2 aliphatic rings. The first-order valence-electron chi connectivity index (χ1n) is 16.1. The molecule has 2 heterocycles. The molecule has 0 saturated carbocycles. The number of nitrogens with one attached hydrogen (secondary N) is 2. The molecule has 0 bridgehead atoms. The maximum Gasteiger partial charge on any atom is 0.256 e. The average molecular weight is 675 g/mol. The molecule has 2 aromatic carbocycles. The molecule has 0 radical (unpaired) electrons. The molecular weight excluding hydrogens is 625 g/mol. The molecule has 10 nitrogen and oxygen atoms in total. The number of benzene rings is 2.